The zero-order valence-electron chi connectivity index (χ0n) is 9.11. The monoisotopic (exact) mass is 217 g/mol. The molecule has 0 amide bonds. The van der Waals surface area contributed by atoms with Gasteiger partial charge in [0.2, 0.25) is 0 Å². The summed E-state index contributed by atoms with van der Waals surface area (Å²) in [5.41, 5.74) is 0.944. The second-order valence-corrected chi connectivity index (χ2v) is 2.96. The van der Waals surface area contributed by atoms with Crippen LogP contribution in [-0.2, 0) is 9.53 Å². The van der Waals surface area contributed by atoms with E-state index in [0.29, 0.717) is 17.9 Å². The highest BCUT2D eigenvalue weighted by Crippen LogP contribution is 1.99. The fraction of sp³-hybridized carbons (Fsp3) is 0.250. The SMILES string of the molecule is CCOC(=O)C#Cc1ccc(C(C)=O)cn1. The van der Waals surface area contributed by atoms with Gasteiger partial charge in [0, 0.05) is 17.7 Å². The van der Waals surface area contributed by atoms with Gasteiger partial charge in [-0.25, -0.2) is 9.78 Å². The third kappa shape index (κ3) is 3.54. The fourth-order valence-corrected chi connectivity index (χ4v) is 0.958. The van der Waals surface area contributed by atoms with Gasteiger partial charge < -0.3 is 4.74 Å². The minimum atomic E-state index is -0.583. The van der Waals surface area contributed by atoms with Crippen molar-refractivity contribution in [3.63, 3.8) is 0 Å². The number of ketones is 1. The van der Waals surface area contributed by atoms with Crippen molar-refractivity contribution >= 4 is 11.8 Å². The summed E-state index contributed by atoms with van der Waals surface area (Å²) in [5, 5.41) is 0. The molecule has 0 radical (unpaired) electrons. The molecule has 0 spiro atoms. The van der Waals surface area contributed by atoms with Crippen molar-refractivity contribution in [2.45, 2.75) is 13.8 Å². The third-order valence-corrected chi connectivity index (χ3v) is 1.74. The van der Waals surface area contributed by atoms with Crippen molar-refractivity contribution in [1.82, 2.24) is 4.98 Å². The van der Waals surface area contributed by atoms with Gasteiger partial charge in [-0.15, -0.1) is 0 Å². The summed E-state index contributed by atoms with van der Waals surface area (Å²) < 4.78 is 4.63. The van der Waals surface area contributed by atoms with Crippen LogP contribution in [0.25, 0.3) is 0 Å². The molecule has 1 rings (SSSR count). The van der Waals surface area contributed by atoms with Gasteiger partial charge in [0.15, 0.2) is 5.78 Å². The summed E-state index contributed by atoms with van der Waals surface area (Å²) >= 11 is 0. The summed E-state index contributed by atoms with van der Waals surface area (Å²) in [6.07, 6.45) is 1.43. The molecule has 4 nitrogen and oxygen atoms in total. The van der Waals surface area contributed by atoms with Crippen molar-refractivity contribution in [2.75, 3.05) is 6.61 Å². The third-order valence-electron chi connectivity index (χ3n) is 1.74. The number of aromatic nitrogens is 1. The summed E-state index contributed by atoms with van der Waals surface area (Å²) in [6.45, 7) is 3.46. The molecule has 0 atom stereocenters. The number of nitrogens with zero attached hydrogens (tertiary/aromatic N) is 1. The standard InChI is InChI=1S/C12H11NO3/c1-3-16-12(15)7-6-11-5-4-10(8-13-11)9(2)14/h4-5,8H,3H2,1-2H3. The van der Waals surface area contributed by atoms with Gasteiger partial charge in [0.1, 0.15) is 5.69 Å². The first-order chi connectivity index (χ1) is 7.63. The first kappa shape index (κ1) is 11.9. The number of pyridine rings is 1. The fourth-order valence-electron chi connectivity index (χ4n) is 0.958. The van der Waals surface area contributed by atoms with Crippen LogP contribution in [0.2, 0.25) is 0 Å². The Bertz CT molecular complexity index is 451. The van der Waals surface area contributed by atoms with E-state index in [9.17, 15) is 9.59 Å². The molecule has 0 N–H and O–H groups in total. The molecule has 0 aliphatic carbocycles. The van der Waals surface area contributed by atoms with Gasteiger partial charge in [-0.3, -0.25) is 4.79 Å². The molecular weight excluding hydrogens is 206 g/mol. The highest BCUT2D eigenvalue weighted by atomic mass is 16.5. The Hall–Kier alpha value is -2.15. The Kier molecular flexibility index (Phi) is 4.22. The molecule has 82 valence electrons. The lowest BCUT2D eigenvalue weighted by Gasteiger charge is -1.94. The molecule has 0 aromatic carbocycles. The smallest absolute Gasteiger partial charge is 0.384 e. The van der Waals surface area contributed by atoms with Crippen LogP contribution in [0.15, 0.2) is 18.3 Å². The molecule has 1 aromatic heterocycles. The molecule has 0 aliphatic rings. The molecule has 16 heavy (non-hydrogen) atoms. The number of carbonyl (C=O) groups is 2. The lowest BCUT2D eigenvalue weighted by Crippen LogP contribution is -2.00. The Morgan fingerprint density at radius 2 is 2.19 bits per heavy atom. The van der Waals surface area contributed by atoms with E-state index in [0.717, 1.165) is 0 Å². The topological polar surface area (TPSA) is 56.3 Å². The summed E-state index contributed by atoms with van der Waals surface area (Å²) in [6, 6.07) is 3.20. The van der Waals surface area contributed by atoms with E-state index in [4.69, 9.17) is 0 Å². The molecule has 0 unspecified atom stereocenters. The average Bonchev–Trinajstić information content (AvgIpc) is 2.27. The van der Waals surface area contributed by atoms with E-state index >= 15 is 0 Å². The van der Waals surface area contributed by atoms with Gasteiger partial charge in [-0.2, -0.15) is 0 Å². The van der Waals surface area contributed by atoms with Crippen molar-refractivity contribution in [2.24, 2.45) is 0 Å². The highest BCUT2D eigenvalue weighted by Gasteiger charge is 1.98. The van der Waals surface area contributed by atoms with E-state index in [2.05, 4.69) is 21.6 Å². The lowest BCUT2D eigenvalue weighted by molar-refractivity contribution is -0.136. The summed E-state index contributed by atoms with van der Waals surface area (Å²) in [7, 11) is 0. The van der Waals surface area contributed by atoms with Crippen LogP contribution in [0.4, 0.5) is 0 Å². The summed E-state index contributed by atoms with van der Waals surface area (Å²) in [5.74, 6) is 4.20. The molecule has 1 heterocycles. The molecule has 0 aliphatic heterocycles. The number of rotatable bonds is 2. The average molecular weight is 217 g/mol. The predicted octanol–water partition coefficient (Wildman–Crippen LogP) is 1.20. The van der Waals surface area contributed by atoms with Crippen LogP contribution in [0.5, 0.6) is 0 Å². The largest absolute Gasteiger partial charge is 0.456 e. The molecule has 1 aromatic rings. The Balaban J connectivity index is 2.75. The normalized spacial score (nSPS) is 8.88. The Morgan fingerprint density at radius 1 is 1.44 bits per heavy atom. The van der Waals surface area contributed by atoms with Gasteiger partial charge in [-0.05, 0) is 31.9 Å². The van der Waals surface area contributed by atoms with Crippen LogP contribution in [0, 0.1) is 11.8 Å². The maximum Gasteiger partial charge on any atom is 0.384 e. The molecule has 0 bridgehead atoms. The van der Waals surface area contributed by atoms with Crippen LogP contribution in [0.3, 0.4) is 0 Å². The Labute approximate surface area is 93.6 Å². The minimum Gasteiger partial charge on any atom is -0.456 e. The number of hydrogen-bond donors (Lipinski definition) is 0. The maximum atomic E-state index is 11.0. The molecule has 4 heteroatoms. The lowest BCUT2D eigenvalue weighted by atomic mass is 10.2. The van der Waals surface area contributed by atoms with E-state index in [1.165, 1.54) is 13.1 Å². The van der Waals surface area contributed by atoms with E-state index in [-0.39, 0.29) is 5.78 Å². The van der Waals surface area contributed by atoms with E-state index in [1.54, 1.807) is 19.1 Å². The molecule has 0 saturated heterocycles. The zero-order chi connectivity index (χ0) is 12.0. The molecule has 0 saturated carbocycles. The second kappa shape index (κ2) is 5.66. The number of hydrogen-bond acceptors (Lipinski definition) is 4. The number of Topliss-reactive ketones (excluding diaryl/α,β-unsaturated/α-hetero) is 1. The maximum absolute atomic E-state index is 11.0. The zero-order valence-corrected chi connectivity index (χ0v) is 9.11. The summed E-state index contributed by atoms with van der Waals surface area (Å²) in [4.78, 5) is 25.8. The van der Waals surface area contributed by atoms with Crippen molar-refractivity contribution in [1.29, 1.82) is 0 Å². The van der Waals surface area contributed by atoms with Crippen LogP contribution >= 0.6 is 0 Å². The number of carbonyl (C=O) groups excluding carboxylic acids is 2. The van der Waals surface area contributed by atoms with Crippen LogP contribution < -0.4 is 0 Å². The van der Waals surface area contributed by atoms with Crippen LogP contribution in [-0.4, -0.2) is 23.3 Å². The van der Waals surface area contributed by atoms with Crippen molar-refractivity contribution < 1.29 is 14.3 Å². The van der Waals surface area contributed by atoms with Crippen molar-refractivity contribution in [3.05, 3.63) is 29.6 Å². The van der Waals surface area contributed by atoms with Gasteiger partial charge in [-0.1, -0.05) is 0 Å². The molecule has 0 fully saturated rings. The molecular formula is C12H11NO3. The van der Waals surface area contributed by atoms with Gasteiger partial charge in [0.25, 0.3) is 0 Å². The van der Waals surface area contributed by atoms with E-state index in [1.807, 2.05) is 0 Å². The van der Waals surface area contributed by atoms with E-state index < -0.39 is 5.97 Å². The van der Waals surface area contributed by atoms with Crippen LogP contribution in [0.1, 0.15) is 29.9 Å². The quantitative estimate of drug-likeness (QED) is 0.424. The first-order valence-corrected chi connectivity index (χ1v) is 4.79. The second-order valence-electron chi connectivity index (χ2n) is 2.96. The highest BCUT2D eigenvalue weighted by molar-refractivity contribution is 5.93. The Morgan fingerprint density at radius 3 is 2.69 bits per heavy atom. The van der Waals surface area contributed by atoms with Gasteiger partial charge in [0.05, 0.1) is 6.61 Å². The first-order valence-electron chi connectivity index (χ1n) is 4.79. The number of esters is 1. The predicted molar refractivity (Wildman–Crippen MR) is 57.8 cm³/mol. The minimum absolute atomic E-state index is 0.0580. The van der Waals surface area contributed by atoms with Gasteiger partial charge >= 0.3 is 5.97 Å². The van der Waals surface area contributed by atoms with Crippen molar-refractivity contribution in [3.8, 4) is 11.8 Å². The number of ether oxygens (including phenoxy) is 1.